The molecule has 0 saturated heterocycles. The van der Waals surface area contributed by atoms with E-state index in [4.69, 9.17) is 4.98 Å². The molecule has 1 heterocycles. The summed E-state index contributed by atoms with van der Waals surface area (Å²) in [6.45, 7) is 4.74. The lowest BCUT2D eigenvalue weighted by Gasteiger charge is -2.17. The molecule has 1 atom stereocenters. The van der Waals surface area contributed by atoms with E-state index in [1.54, 1.807) is 4.57 Å². The van der Waals surface area contributed by atoms with Crippen molar-refractivity contribution >= 4 is 28.6 Å². The van der Waals surface area contributed by atoms with Crippen LogP contribution in [0.2, 0.25) is 0 Å². The van der Waals surface area contributed by atoms with Gasteiger partial charge in [-0.25, -0.2) is 4.98 Å². The van der Waals surface area contributed by atoms with Crippen molar-refractivity contribution in [2.75, 3.05) is 5.75 Å². The maximum atomic E-state index is 13.1. The standard InChI is InChI=1S/C23H31N3O2S/c1-3-9-17(2)24-21(27)16-29-23-25-20-13-8-7-12-19(20)22(28)26(23)15-14-18-10-5-4-6-11-18/h7-8,10,12-13,17H,3-6,9,11,14-16H2,1-2H3,(H,24,27)/t17-/m1/s1. The Hall–Kier alpha value is -2.08. The molecule has 1 aromatic heterocycles. The van der Waals surface area contributed by atoms with Crippen LogP contribution in [-0.2, 0) is 11.3 Å². The summed E-state index contributed by atoms with van der Waals surface area (Å²) in [5.41, 5.74) is 2.10. The lowest BCUT2D eigenvalue weighted by Crippen LogP contribution is -2.34. The van der Waals surface area contributed by atoms with Gasteiger partial charge in [-0.05, 0) is 57.6 Å². The molecule has 156 valence electrons. The number of rotatable bonds is 9. The summed E-state index contributed by atoms with van der Waals surface area (Å²) in [6.07, 6.45) is 9.93. The third-order valence-electron chi connectivity index (χ3n) is 5.33. The highest BCUT2D eigenvalue weighted by Gasteiger charge is 2.15. The number of hydrogen-bond donors (Lipinski definition) is 1. The smallest absolute Gasteiger partial charge is 0.262 e. The van der Waals surface area contributed by atoms with E-state index in [1.165, 1.54) is 30.2 Å². The first-order chi connectivity index (χ1) is 14.1. The molecule has 0 bridgehead atoms. The molecule has 1 N–H and O–H groups in total. The molecule has 2 aromatic rings. The lowest BCUT2D eigenvalue weighted by atomic mass is 9.97. The normalized spacial score (nSPS) is 15.2. The van der Waals surface area contributed by atoms with Gasteiger partial charge >= 0.3 is 0 Å². The third kappa shape index (κ3) is 5.95. The molecule has 5 nitrogen and oxygen atoms in total. The highest BCUT2D eigenvalue weighted by atomic mass is 32.2. The molecule has 6 heteroatoms. The molecule has 1 aromatic carbocycles. The molecule has 29 heavy (non-hydrogen) atoms. The second-order valence-corrected chi connectivity index (χ2v) is 8.71. The topological polar surface area (TPSA) is 64.0 Å². The van der Waals surface area contributed by atoms with Gasteiger partial charge in [0.25, 0.3) is 5.56 Å². The highest BCUT2D eigenvalue weighted by Crippen LogP contribution is 2.23. The monoisotopic (exact) mass is 413 g/mol. The number of aromatic nitrogens is 2. The van der Waals surface area contributed by atoms with Crippen molar-refractivity contribution in [2.24, 2.45) is 0 Å². The van der Waals surface area contributed by atoms with Gasteiger partial charge in [0, 0.05) is 12.6 Å². The summed E-state index contributed by atoms with van der Waals surface area (Å²) in [6, 6.07) is 7.61. The van der Waals surface area contributed by atoms with Crippen molar-refractivity contribution in [3.05, 3.63) is 46.3 Å². The van der Waals surface area contributed by atoms with Crippen LogP contribution in [0.25, 0.3) is 10.9 Å². The van der Waals surface area contributed by atoms with Crippen LogP contribution in [0.3, 0.4) is 0 Å². The molecule has 0 radical (unpaired) electrons. The van der Waals surface area contributed by atoms with Gasteiger partial charge in [-0.3, -0.25) is 14.2 Å². The molecule has 0 fully saturated rings. The average Bonchev–Trinajstić information content (AvgIpc) is 2.72. The zero-order valence-corrected chi connectivity index (χ0v) is 18.3. The Balaban J connectivity index is 1.79. The molecule has 0 saturated carbocycles. The van der Waals surface area contributed by atoms with E-state index >= 15 is 0 Å². The van der Waals surface area contributed by atoms with E-state index in [0.29, 0.717) is 22.6 Å². The van der Waals surface area contributed by atoms with E-state index in [2.05, 4.69) is 18.3 Å². The molecule has 0 spiro atoms. The second kappa shape index (κ2) is 10.6. The zero-order chi connectivity index (χ0) is 20.6. The number of para-hydroxylation sites is 1. The largest absolute Gasteiger partial charge is 0.353 e. The fourth-order valence-corrected chi connectivity index (χ4v) is 4.63. The van der Waals surface area contributed by atoms with Crippen molar-refractivity contribution in [3.8, 4) is 0 Å². The van der Waals surface area contributed by atoms with Gasteiger partial charge in [0.05, 0.1) is 16.7 Å². The summed E-state index contributed by atoms with van der Waals surface area (Å²) >= 11 is 1.35. The van der Waals surface area contributed by atoms with Gasteiger partial charge in [0.2, 0.25) is 5.91 Å². The Morgan fingerprint density at radius 3 is 2.90 bits per heavy atom. The number of fused-ring (bicyclic) bond motifs is 1. The SMILES string of the molecule is CCC[C@@H](C)NC(=O)CSc1nc2ccccc2c(=O)n1CCC1=CCCCC1. The van der Waals surface area contributed by atoms with Crippen LogP contribution >= 0.6 is 11.8 Å². The van der Waals surface area contributed by atoms with Crippen LogP contribution in [0.4, 0.5) is 0 Å². The van der Waals surface area contributed by atoms with Crippen LogP contribution in [0.5, 0.6) is 0 Å². The fourth-order valence-electron chi connectivity index (χ4n) is 3.79. The number of carbonyl (C=O) groups excluding carboxylic acids is 1. The lowest BCUT2D eigenvalue weighted by molar-refractivity contribution is -0.119. The summed E-state index contributed by atoms with van der Waals surface area (Å²) in [7, 11) is 0. The van der Waals surface area contributed by atoms with Crippen molar-refractivity contribution in [3.63, 3.8) is 0 Å². The number of nitrogens with zero attached hydrogens (tertiary/aromatic N) is 2. The minimum Gasteiger partial charge on any atom is -0.353 e. The molecular formula is C23H31N3O2S. The Labute approximate surface area is 177 Å². The number of nitrogens with one attached hydrogen (secondary N) is 1. The van der Waals surface area contributed by atoms with Gasteiger partial charge < -0.3 is 5.32 Å². The van der Waals surface area contributed by atoms with E-state index in [-0.39, 0.29) is 23.3 Å². The van der Waals surface area contributed by atoms with Crippen molar-refractivity contribution in [2.45, 2.75) is 76.5 Å². The first kappa shape index (κ1) is 21.6. The molecule has 0 unspecified atom stereocenters. The number of carbonyl (C=O) groups is 1. The summed E-state index contributed by atoms with van der Waals surface area (Å²) in [4.78, 5) is 30.1. The predicted molar refractivity (Wildman–Crippen MR) is 120 cm³/mol. The maximum Gasteiger partial charge on any atom is 0.262 e. The van der Waals surface area contributed by atoms with Crippen molar-refractivity contribution < 1.29 is 4.79 Å². The minimum atomic E-state index is -0.0192. The van der Waals surface area contributed by atoms with Crippen LogP contribution < -0.4 is 10.9 Å². The average molecular weight is 414 g/mol. The Morgan fingerprint density at radius 2 is 2.14 bits per heavy atom. The first-order valence-electron chi connectivity index (χ1n) is 10.7. The maximum absolute atomic E-state index is 13.1. The number of hydrogen-bond acceptors (Lipinski definition) is 4. The van der Waals surface area contributed by atoms with Crippen LogP contribution in [0.15, 0.2) is 45.9 Å². The summed E-state index contributed by atoms with van der Waals surface area (Å²) in [5, 5.41) is 4.28. The molecule has 3 rings (SSSR count). The van der Waals surface area contributed by atoms with E-state index < -0.39 is 0 Å². The zero-order valence-electron chi connectivity index (χ0n) is 17.4. The van der Waals surface area contributed by atoms with Gasteiger partial charge in [-0.1, -0.05) is 48.9 Å². The fraction of sp³-hybridized carbons (Fsp3) is 0.522. The first-order valence-corrected chi connectivity index (χ1v) is 11.7. The highest BCUT2D eigenvalue weighted by molar-refractivity contribution is 7.99. The molecule has 1 amide bonds. The Kier molecular flexibility index (Phi) is 7.92. The van der Waals surface area contributed by atoms with Crippen molar-refractivity contribution in [1.82, 2.24) is 14.9 Å². The minimum absolute atomic E-state index is 0.0140. The van der Waals surface area contributed by atoms with Gasteiger partial charge in [0.1, 0.15) is 0 Å². The van der Waals surface area contributed by atoms with Crippen LogP contribution in [0, 0.1) is 0 Å². The molecule has 0 aliphatic heterocycles. The van der Waals surface area contributed by atoms with Gasteiger partial charge in [-0.2, -0.15) is 0 Å². The van der Waals surface area contributed by atoms with Crippen LogP contribution in [-0.4, -0.2) is 27.3 Å². The van der Waals surface area contributed by atoms with E-state index in [9.17, 15) is 9.59 Å². The third-order valence-corrected chi connectivity index (χ3v) is 6.31. The van der Waals surface area contributed by atoms with Gasteiger partial charge in [0.15, 0.2) is 5.16 Å². The van der Waals surface area contributed by atoms with Crippen molar-refractivity contribution in [1.29, 1.82) is 0 Å². The number of thioether (sulfide) groups is 1. The predicted octanol–water partition coefficient (Wildman–Crippen LogP) is 4.68. The molecule has 1 aliphatic carbocycles. The summed E-state index contributed by atoms with van der Waals surface area (Å²) < 4.78 is 1.76. The number of amides is 1. The number of benzene rings is 1. The van der Waals surface area contributed by atoms with E-state index in [0.717, 1.165) is 32.1 Å². The summed E-state index contributed by atoms with van der Waals surface area (Å²) in [5.74, 6) is 0.251. The molecule has 1 aliphatic rings. The molecular weight excluding hydrogens is 382 g/mol. The Bertz CT molecular complexity index is 935. The van der Waals surface area contributed by atoms with Gasteiger partial charge in [-0.15, -0.1) is 0 Å². The Morgan fingerprint density at radius 1 is 1.31 bits per heavy atom. The number of allylic oxidation sites excluding steroid dienone is 2. The van der Waals surface area contributed by atoms with E-state index in [1.807, 2.05) is 31.2 Å². The van der Waals surface area contributed by atoms with Crippen LogP contribution in [0.1, 0.15) is 58.8 Å². The quantitative estimate of drug-likeness (QED) is 0.368. The second-order valence-electron chi connectivity index (χ2n) is 7.77.